The van der Waals surface area contributed by atoms with Crippen molar-refractivity contribution >= 4 is 6.01 Å². The van der Waals surface area contributed by atoms with E-state index in [1.54, 1.807) is 13.8 Å². The summed E-state index contributed by atoms with van der Waals surface area (Å²) < 4.78 is 4.84. The standard InChI is InChI=1S/C8H16N4O2/c1-6(13)5-9-3-4-10-8-11-7(2)12-14-8/h6,9,13H,3-5H2,1-2H3,(H,10,11,12). The number of aliphatic hydroxyl groups is 1. The van der Waals surface area contributed by atoms with Crippen LogP contribution in [-0.4, -0.2) is 41.0 Å². The second-order valence-corrected chi connectivity index (χ2v) is 3.13. The second-order valence-electron chi connectivity index (χ2n) is 3.13. The Morgan fingerprint density at radius 3 is 2.86 bits per heavy atom. The Kier molecular flexibility index (Phi) is 4.34. The fourth-order valence-electron chi connectivity index (χ4n) is 0.938. The number of aromatic nitrogens is 2. The van der Waals surface area contributed by atoms with Crippen molar-refractivity contribution in [2.75, 3.05) is 25.0 Å². The van der Waals surface area contributed by atoms with Gasteiger partial charge in [0.2, 0.25) is 0 Å². The highest BCUT2D eigenvalue weighted by Gasteiger charge is 1.99. The third-order valence-corrected chi connectivity index (χ3v) is 1.55. The van der Waals surface area contributed by atoms with Gasteiger partial charge < -0.3 is 20.3 Å². The van der Waals surface area contributed by atoms with Gasteiger partial charge >= 0.3 is 6.01 Å². The Balaban J connectivity index is 2.04. The number of rotatable bonds is 6. The molecule has 0 saturated carbocycles. The highest BCUT2D eigenvalue weighted by molar-refractivity contribution is 5.17. The van der Waals surface area contributed by atoms with Crippen LogP contribution in [0.2, 0.25) is 0 Å². The van der Waals surface area contributed by atoms with Crippen molar-refractivity contribution in [3.05, 3.63) is 5.82 Å². The summed E-state index contributed by atoms with van der Waals surface area (Å²) in [5.41, 5.74) is 0. The smallest absolute Gasteiger partial charge is 0.321 e. The van der Waals surface area contributed by atoms with Crippen molar-refractivity contribution < 1.29 is 9.63 Å². The van der Waals surface area contributed by atoms with E-state index in [1.165, 1.54) is 0 Å². The molecule has 1 atom stereocenters. The summed E-state index contributed by atoms with van der Waals surface area (Å²) in [5.74, 6) is 0.615. The van der Waals surface area contributed by atoms with Crippen molar-refractivity contribution in [2.24, 2.45) is 0 Å². The topological polar surface area (TPSA) is 83.2 Å². The average Bonchev–Trinajstić information content (AvgIpc) is 2.50. The molecule has 6 nitrogen and oxygen atoms in total. The third kappa shape index (κ3) is 4.20. The molecular formula is C8H16N4O2. The zero-order chi connectivity index (χ0) is 10.4. The van der Waals surface area contributed by atoms with Gasteiger partial charge in [-0.3, -0.25) is 0 Å². The molecular weight excluding hydrogens is 184 g/mol. The minimum atomic E-state index is -0.319. The highest BCUT2D eigenvalue weighted by atomic mass is 16.5. The lowest BCUT2D eigenvalue weighted by Crippen LogP contribution is -2.28. The molecule has 0 aliphatic rings. The summed E-state index contributed by atoms with van der Waals surface area (Å²) in [6.07, 6.45) is -0.319. The fourth-order valence-corrected chi connectivity index (χ4v) is 0.938. The van der Waals surface area contributed by atoms with E-state index < -0.39 is 0 Å². The summed E-state index contributed by atoms with van der Waals surface area (Å²) in [7, 11) is 0. The van der Waals surface area contributed by atoms with Gasteiger partial charge in [0.05, 0.1) is 6.10 Å². The van der Waals surface area contributed by atoms with Gasteiger partial charge in [-0.1, -0.05) is 5.16 Å². The first-order chi connectivity index (χ1) is 6.68. The van der Waals surface area contributed by atoms with Crippen LogP contribution in [0.4, 0.5) is 6.01 Å². The molecule has 0 aliphatic carbocycles. The Morgan fingerprint density at radius 2 is 2.29 bits per heavy atom. The highest BCUT2D eigenvalue weighted by Crippen LogP contribution is 2.00. The maximum absolute atomic E-state index is 8.95. The van der Waals surface area contributed by atoms with Crippen LogP contribution in [0.25, 0.3) is 0 Å². The maximum Gasteiger partial charge on any atom is 0.321 e. The molecule has 0 bridgehead atoms. The molecule has 0 radical (unpaired) electrons. The van der Waals surface area contributed by atoms with Crippen LogP contribution in [0, 0.1) is 6.92 Å². The van der Waals surface area contributed by atoms with Gasteiger partial charge in [0.15, 0.2) is 5.82 Å². The molecule has 1 rings (SSSR count). The summed E-state index contributed by atoms with van der Waals surface area (Å²) in [6, 6.07) is 0.432. The van der Waals surface area contributed by atoms with Gasteiger partial charge in [0.25, 0.3) is 0 Å². The molecule has 14 heavy (non-hydrogen) atoms. The molecule has 1 unspecified atom stereocenters. The number of aryl methyl sites for hydroxylation is 1. The van der Waals surface area contributed by atoms with E-state index in [9.17, 15) is 0 Å². The van der Waals surface area contributed by atoms with E-state index in [2.05, 4.69) is 20.8 Å². The SMILES string of the molecule is Cc1noc(NCCNCC(C)O)n1. The van der Waals surface area contributed by atoms with Crippen LogP contribution in [0.1, 0.15) is 12.7 Å². The van der Waals surface area contributed by atoms with Crippen molar-refractivity contribution in [3.63, 3.8) is 0 Å². The van der Waals surface area contributed by atoms with E-state index in [-0.39, 0.29) is 6.10 Å². The fraction of sp³-hybridized carbons (Fsp3) is 0.750. The van der Waals surface area contributed by atoms with Gasteiger partial charge in [-0.2, -0.15) is 4.98 Å². The van der Waals surface area contributed by atoms with Gasteiger partial charge in [0.1, 0.15) is 0 Å². The minimum absolute atomic E-state index is 0.319. The van der Waals surface area contributed by atoms with Crippen LogP contribution in [0.3, 0.4) is 0 Å². The van der Waals surface area contributed by atoms with E-state index in [0.29, 0.717) is 24.9 Å². The minimum Gasteiger partial charge on any atom is -0.392 e. The molecule has 1 heterocycles. The molecule has 0 aromatic carbocycles. The molecule has 1 aromatic rings. The molecule has 0 aliphatic heterocycles. The van der Waals surface area contributed by atoms with Crippen LogP contribution >= 0.6 is 0 Å². The second kappa shape index (κ2) is 5.56. The van der Waals surface area contributed by atoms with E-state index in [4.69, 9.17) is 9.63 Å². The van der Waals surface area contributed by atoms with Gasteiger partial charge in [-0.05, 0) is 13.8 Å². The number of nitrogens with one attached hydrogen (secondary N) is 2. The lowest BCUT2D eigenvalue weighted by atomic mass is 10.4. The number of anilines is 1. The Hall–Kier alpha value is -1.14. The van der Waals surface area contributed by atoms with Crippen LogP contribution < -0.4 is 10.6 Å². The molecule has 80 valence electrons. The zero-order valence-corrected chi connectivity index (χ0v) is 8.45. The van der Waals surface area contributed by atoms with Gasteiger partial charge in [-0.15, -0.1) is 0 Å². The van der Waals surface area contributed by atoms with Gasteiger partial charge in [0, 0.05) is 19.6 Å². The molecule has 0 fully saturated rings. The van der Waals surface area contributed by atoms with Gasteiger partial charge in [-0.25, -0.2) is 0 Å². The predicted octanol–water partition coefficient (Wildman–Crippen LogP) is -0.240. The number of nitrogens with zero attached hydrogens (tertiary/aromatic N) is 2. The van der Waals surface area contributed by atoms with E-state index in [1.807, 2.05) is 0 Å². The first-order valence-corrected chi connectivity index (χ1v) is 4.61. The average molecular weight is 200 g/mol. The quantitative estimate of drug-likeness (QED) is 0.550. The van der Waals surface area contributed by atoms with Crippen LogP contribution in [0.5, 0.6) is 0 Å². The largest absolute Gasteiger partial charge is 0.392 e. The maximum atomic E-state index is 8.95. The van der Waals surface area contributed by atoms with Crippen molar-refractivity contribution in [3.8, 4) is 0 Å². The van der Waals surface area contributed by atoms with E-state index >= 15 is 0 Å². The zero-order valence-electron chi connectivity index (χ0n) is 8.45. The van der Waals surface area contributed by atoms with Crippen LogP contribution in [-0.2, 0) is 0 Å². The van der Waals surface area contributed by atoms with Crippen molar-refractivity contribution in [2.45, 2.75) is 20.0 Å². The van der Waals surface area contributed by atoms with Crippen LogP contribution in [0.15, 0.2) is 4.52 Å². The monoisotopic (exact) mass is 200 g/mol. The molecule has 0 saturated heterocycles. The van der Waals surface area contributed by atoms with Crippen molar-refractivity contribution in [1.82, 2.24) is 15.5 Å². The number of hydrogen-bond acceptors (Lipinski definition) is 6. The summed E-state index contributed by atoms with van der Waals surface area (Å²) in [4.78, 5) is 3.98. The summed E-state index contributed by atoms with van der Waals surface area (Å²) in [6.45, 7) is 5.52. The molecule has 1 aromatic heterocycles. The molecule has 3 N–H and O–H groups in total. The normalized spacial score (nSPS) is 12.8. The lowest BCUT2D eigenvalue weighted by Gasteiger charge is -2.06. The van der Waals surface area contributed by atoms with Crippen molar-refractivity contribution in [1.29, 1.82) is 0 Å². The summed E-state index contributed by atoms with van der Waals surface area (Å²) in [5, 5.41) is 18.6. The van der Waals surface area contributed by atoms with E-state index in [0.717, 1.165) is 6.54 Å². The third-order valence-electron chi connectivity index (χ3n) is 1.55. The first-order valence-electron chi connectivity index (χ1n) is 4.61. The summed E-state index contributed by atoms with van der Waals surface area (Å²) >= 11 is 0. The Labute approximate surface area is 82.7 Å². The lowest BCUT2D eigenvalue weighted by molar-refractivity contribution is 0.192. The number of hydrogen-bond donors (Lipinski definition) is 3. The molecule has 6 heteroatoms. The predicted molar refractivity (Wildman–Crippen MR) is 52.1 cm³/mol. The first kappa shape index (κ1) is 10.9. The Morgan fingerprint density at radius 1 is 1.50 bits per heavy atom. The molecule has 0 amide bonds. The number of aliphatic hydroxyl groups excluding tert-OH is 1. The molecule has 0 spiro atoms. The Bertz CT molecular complexity index is 262.